The number of hydrogen-bond acceptors (Lipinski definition) is 9. The van der Waals surface area contributed by atoms with Gasteiger partial charge in [-0.3, -0.25) is 4.79 Å². The molecule has 0 radical (unpaired) electrons. The minimum Gasteiger partial charge on any atom is -0.373 e. The highest BCUT2D eigenvalue weighted by Gasteiger charge is 2.32. The van der Waals surface area contributed by atoms with Crippen molar-refractivity contribution in [1.29, 1.82) is 0 Å². The molecule has 0 saturated carbocycles. The molecule has 1 aromatic heterocycles. The van der Waals surface area contributed by atoms with Crippen molar-refractivity contribution in [1.82, 2.24) is 13.6 Å². The van der Waals surface area contributed by atoms with Crippen molar-refractivity contribution in [2.24, 2.45) is 0 Å². The van der Waals surface area contributed by atoms with Crippen LogP contribution in [-0.2, 0) is 24.8 Å². The molecule has 2 aliphatic heterocycles. The number of carbonyl (C=O) groups excluding carboxylic acids is 1. The smallest absolute Gasteiger partial charge is 0.243 e. The Bertz CT molecular complexity index is 1600. The number of benzene rings is 2. The third kappa shape index (κ3) is 6.92. The molecule has 0 spiro atoms. The predicted molar refractivity (Wildman–Crippen MR) is 163 cm³/mol. The van der Waals surface area contributed by atoms with Crippen LogP contribution in [0.2, 0.25) is 0 Å². The van der Waals surface area contributed by atoms with Crippen LogP contribution < -0.4 is 5.32 Å². The highest BCUT2D eigenvalue weighted by atomic mass is 32.2. The number of nitrogens with one attached hydrogen (secondary N) is 1. The average molecular weight is 633 g/mol. The molecule has 0 amide bonds. The first-order valence-electron chi connectivity index (χ1n) is 14.1. The van der Waals surface area contributed by atoms with Gasteiger partial charge in [0.15, 0.2) is 10.9 Å². The van der Waals surface area contributed by atoms with Gasteiger partial charge in [-0.25, -0.2) is 21.8 Å². The SMILES string of the molecule is CC1CN(S(=O)(=O)c2cccc(C(=O)CNc3nc(-c4ccc(S(=O)(=O)N5CCCCCC5)cc4)cs3)c2)CC(C)O1. The molecule has 3 heterocycles. The van der Waals surface area contributed by atoms with Crippen LogP contribution in [-0.4, -0.2) is 81.1 Å². The fourth-order valence-corrected chi connectivity index (χ4v) is 9.15. The fraction of sp³-hybridized carbons (Fsp3) is 0.448. The van der Waals surface area contributed by atoms with Gasteiger partial charge in [0, 0.05) is 42.7 Å². The molecule has 5 rings (SSSR count). The summed E-state index contributed by atoms with van der Waals surface area (Å²) in [5.41, 5.74) is 1.72. The first-order valence-corrected chi connectivity index (χ1v) is 17.9. The van der Waals surface area contributed by atoms with Gasteiger partial charge in [0.05, 0.1) is 34.2 Å². The van der Waals surface area contributed by atoms with Crippen molar-refractivity contribution in [2.75, 3.05) is 38.0 Å². The van der Waals surface area contributed by atoms with Gasteiger partial charge in [-0.2, -0.15) is 8.61 Å². The van der Waals surface area contributed by atoms with E-state index in [0.717, 1.165) is 31.2 Å². The number of anilines is 1. The van der Waals surface area contributed by atoms with Crippen LogP contribution in [0.4, 0.5) is 5.13 Å². The van der Waals surface area contributed by atoms with Gasteiger partial charge in [-0.15, -0.1) is 11.3 Å². The van der Waals surface area contributed by atoms with Crippen molar-refractivity contribution < 1.29 is 26.4 Å². The van der Waals surface area contributed by atoms with Crippen LogP contribution in [0.3, 0.4) is 0 Å². The van der Waals surface area contributed by atoms with Crippen LogP contribution in [0, 0.1) is 0 Å². The molecule has 2 unspecified atom stereocenters. The number of thiazole rings is 1. The summed E-state index contributed by atoms with van der Waals surface area (Å²) in [6.45, 7) is 5.24. The maximum absolute atomic E-state index is 13.2. The van der Waals surface area contributed by atoms with E-state index in [2.05, 4.69) is 10.3 Å². The first-order chi connectivity index (χ1) is 20.0. The van der Waals surface area contributed by atoms with Gasteiger partial charge in [0.1, 0.15) is 0 Å². The van der Waals surface area contributed by atoms with E-state index in [0.29, 0.717) is 23.9 Å². The molecule has 1 N–H and O–H groups in total. The quantitative estimate of drug-likeness (QED) is 0.343. The molecule has 10 nitrogen and oxygen atoms in total. The lowest BCUT2D eigenvalue weighted by atomic mass is 10.1. The maximum Gasteiger partial charge on any atom is 0.243 e. The topological polar surface area (TPSA) is 126 Å². The van der Waals surface area contributed by atoms with Gasteiger partial charge in [-0.1, -0.05) is 37.1 Å². The number of morpholine rings is 1. The summed E-state index contributed by atoms with van der Waals surface area (Å²) in [7, 11) is -7.30. The summed E-state index contributed by atoms with van der Waals surface area (Å²) in [5, 5.41) is 5.39. The zero-order chi connectivity index (χ0) is 29.9. The number of ether oxygens (including phenoxy) is 1. The van der Waals surface area contributed by atoms with Gasteiger partial charge in [0.2, 0.25) is 20.0 Å². The zero-order valence-electron chi connectivity index (χ0n) is 23.7. The Kier molecular flexibility index (Phi) is 9.45. The molecule has 2 fully saturated rings. The molecule has 2 atom stereocenters. The highest BCUT2D eigenvalue weighted by molar-refractivity contribution is 7.89. The molecular formula is C29H36N4O6S3. The number of hydrogen-bond donors (Lipinski definition) is 1. The van der Waals surface area contributed by atoms with Gasteiger partial charge in [0.25, 0.3) is 0 Å². The second kappa shape index (κ2) is 12.9. The van der Waals surface area contributed by atoms with E-state index in [1.54, 1.807) is 40.7 Å². The number of Topliss-reactive ketones (excluding diaryl/α,β-unsaturated/α-hetero) is 1. The Morgan fingerprint density at radius 3 is 2.21 bits per heavy atom. The zero-order valence-corrected chi connectivity index (χ0v) is 26.2. The Labute approximate surface area is 251 Å². The summed E-state index contributed by atoms with van der Waals surface area (Å²) >= 11 is 1.33. The van der Waals surface area contributed by atoms with Gasteiger partial charge < -0.3 is 10.1 Å². The summed E-state index contributed by atoms with van der Waals surface area (Å²) in [4.78, 5) is 17.9. The standard InChI is InChI=1S/C29H36N4O6S3/c1-21-18-33(19-22(2)39-21)42(37,38)26-9-7-8-24(16-26)28(34)17-30-29-31-27(20-40-29)23-10-12-25(13-11-23)41(35,36)32-14-5-3-4-6-15-32/h7-13,16,20-22H,3-6,14-15,17-19H2,1-2H3,(H,30,31). The molecular weight excluding hydrogens is 597 g/mol. The Morgan fingerprint density at radius 2 is 1.55 bits per heavy atom. The van der Waals surface area contributed by atoms with Crippen LogP contribution in [0.15, 0.2) is 63.7 Å². The van der Waals surface area contributed by atoms with Crippen LogP contribution in [0.25, 0.3) is 11.3 Å². The summed E-state index contributed by atoms with van der Waals surface area (Å²) in [6, 6.07) is 12.8. The maximum atomic E-state index is 13.2. The van der Waals surface area contributed by atoms with Crippen molar-refractivity contribution >= 4 is 42.3 Å². The van der Waals surface area contributed by atoms with Crippen molar-refractivity contribution in [2.45, 2.75) is 61.5 Å². The molecule has 226 valence electrons. The van der Waals surface area contributed by atoms with E-state index in [-0.39, 0.29) is 53.0 Å². The number of sulfonamides is 2. The van der Waals surface area contributed by atoms with E-state index in [4.69, 9.17) is 4.74 Å². The van der Waals surface area contributed by atoms with Crippen molar-refractivity contribution in [3.05, 3.63) is 59.5 Å². The fourth-order valence-electron chi connectivity index (χ4n) is 5.28. The van der Waals surface area contributed by atoms with E-state index in [9.17, 15) is 21.6 Å². The lowest BCUT2D eigenvalue weighted by Gasteiger charge is -2.34. The van der Waals surface area contributed by atoms with Crippen molar-refractivity contribution in [3.8, 4) is 11.3 Å². The highest BCUT2D eigenvalue weighted by Crippen LogP contribution is 2.28. The summed E-state index contributed by atoms with van der Waals surface area (Å²) < 4.78 is 61.3. The predicted octanol–water partition coefficient (Wildman–Crippen LogP) is 4.47. The minimum absolute atomic E-state index is 0.0604. The number of nitrogens with zero attached hydrogens (tertiary/aromatic N) is 3. The van der Waals surface area contributed by atoms with Gasteiger partial charge >= 0.3 is 0 Å². The number of aromatic nitrogens is 1. The number of ketones is 1. The summed E-state index contributed by atoms with van der Waals surface area (Å²) in [5.74, 6) is -0.268. The van der Waals surface area contributed by atoms with Crippen LogP contribution >= 0.6 is 11.3 Å². The Balaban J connectivity index is 1.22. The normalized spacial score (nSPS) is 21.1. The first kappa shape index (κ1) is 30.8. The van der Waals surface area contributed by atoms with E-state index >= 15 is 0 Å². The molecule has 0 aliphatic carbocycles. The number of rotatable bonds is 9. The minimum atomic E-state index is -3.77. The molecule has 2 aliphatic rings. The molecule has 2 saturated heterocycles. The molecule has 42 heavy (non-hydrogen) atoms. The monoisotopic (exact) mass is 632 g/mol. The number of carbonyl (C=O) groups is 1. The lowest BCUT2D eigenvalue weighted by molar-refractivity contribution is -0.0440. The van der Waals surface area contributed by atoms with Crippen LogP contribution in [0.5, 0.6) is 0 Å². The molecule has 3 aromatic rings. The Morgan fingerprint density at radius 1 is 0.905 bits per heavy atom. The lowest BCUT2D eigenvalue weighted by Crippen LogP contribution is -2.48. The largest absolute Gasteiger partial charge is 0.373 e. The molecule has 13 heteroatoms. The summed E-state index contributed by atoms with van der Waals surface area (Å²) in [6.07, 6.45) is 3.45. The van der Waals surface area contributed by atoms with E-state index in [1.165, 1.54) is 27.8 Å². The van der Waals surface area contributed by atoms with E-state index in [1.807, 2.05) is 19.2 Å². The second-order valence-electron chi connectivity index (χ2n) is 10.8. The van der Waals surface area contributed by atoms with E-state index < -0.39 is 20.0 Å². The Hall–Kier alpha value is -2.68. The van der Waals surface area contributed by atoms with Crippen molar-refractivity contribution in [3.63, 3.8) is 0 Å². The third-order valence-electron chi connectivity index (χ3n) is 7.44. The molecule has 2 aromatic carbocycles. The second-order valence-corrected chi connectivity index (χ2v) is 15.5. The molecule has 0 bridgehead atoms. The third-order valence-corrected chi connectivity index (χ3v) is 12.0. The van der Waals surface area contributed by atoms with Gasteiger partial charge in [-0.05, 0) is 51.0 Å². The average Bonchev–Trinajstić information content (AvgIpc) is 3.27. The van der Waals surface area contributed by atoms with Crippen LogP contribution in [0.1, 0.15) is 49.9 Å².